The zero-order chi connectivity index (χ0) is 22.0. The number of hydrazone groups is 1. The molecule has 0 unspecified atom stereocenters. The first kappa shape index (κ1) is 21.2. The molecule has 2 aromatic carbocycles. The maximum atomic E-state index is 12.4. The van der Waals surface area contributed by atoms with Crippen LogP contribution in [-0.4, -0.2) is 31.4 Å². The van der Waals surface area contributed by atoms with Crippen LogP contribution in [0.5, 0.6) is 17.2 Å². The highest BCUT2D eigenvalue weighted by molar-refractivity contribution is 9.10. The summed E-state index contributed by atoms with van der Waals surface area (Å²) in [6.45, 7) is 0. The van der Waals surface area contributed by atoms with Gasteiger partial charge < -0.3 is 19.0 Å². The first-order valence-electron chi connectivity index (χ1n) is 10.00. The predicted molar refractivity (Wildman–Crippen MR) is 121 cm³/mol. The molecule has 0 saturated carbocycles. The molecule has 0 atom stereocenters. The van der Waals surface area contributed by atoms with Crippen LogP contribution < -0.4 is 14.9 Å². The fourth-order valence-corrected chi connectivity index (χ4v) is 4.35. The minimum Gasteiger partial charge on any atom is -0.506 e. The van der Waals surface area contributed by atoms with Gasteiger partial charge in [-0.2, -0.15) is 5.10 Å². The molecule has 1 amide bonds. The number of aryl methyl sites for hydroxylation is 2. The number of aromatic hydroxyl groups is 1. The lowest BCUT2D eigenvalue weighted by atomic mass is 9.94. The van der Waals surface area contributed by atoms with Gasteiger partial charge in [-0.25, -0.2) is 5.43 Å². The number of nitrogens with zero attached hydrogens (tertiary/aromatic N) is 1. The Morgan fingerprint density at radius 2 is 2.00 bits per heavy atom. The fourth-order valence-electron chi connectivity index (χ4n) is 3.92. The molecule has 31 heavy (non-hydrogen) atoms. The van der Waals surface area contributed by atoms with E-state index in [0.29, 0.717) is 27.1 Å². The lowest BCUT2D eigenvalue weighted by Crippen LogP contribution is -2.19. The number of rotatable bonds is 6. The van der Waals surface area contributed by atoms with Crippen LogP contribution in [0.3, 0.4) is 0 Å². The second-order valence-corrected chi connectivity index (χ2v) is 8.22. The Morgan fingerprint density at radius 3 is 2.77 bits per heavy atom. The summed E-state index contributed by atoms with van der Waals surface area (Å²) in [5.74, 6) is 1.90. The quantitative estimate of drug-likeness (QED) is 0.395. The molecule has 1 aromatic heterocycles. The Balaban J connectivity index is 1.54. The molecule has 0 bridgehead atoms. The van der Waals surface area contributed by atoms with Gasteiger partial charge in [-0.3, -0.25) is 4.79 Å². The molecule has 0 saturated heterocycles. The van der Waals surface area contributed by atoms with Gasteiger partial charge in [-0.15, -0.1) is 0 Å². The average Bonchev–Trinajstić information content (AvgIpc) is 3.14. The second-order valence-electron chi connectivity index (χ2n) is 7.36. The third-order valence-electron chi connectivity index (χ3n) is 5.40. The Kier molecular flexibility index (Phi) is 6.18. The largest absolute Gasteiger partial charge is 0.506 e. The highest BCUT2D eigenvalue weighted by atomic mass is 79.9. The van der Waals surface area contributed by atoms with Crippen molar-refractivity contribution in [3.63, 3.8) is 0 Å². The first-order chi connectivity index (χ1) is 15.0. The van der Waals surface area contributed by atoms with Gasteiger partial charge >= 0.3 is 0 Å². The molecule has 4 rings (SSSR count). The smallest absolute Gasteiger partial charge is 0.244 e. The topological polar surface area (TPSA) is 93.3 Å². The van der Waals surface area contributed by atoms with E-state index < -0.39 is 0 Å². The number of phenols is 1. The highest BCUT2D eigenvalue weighted by Gasteiger charge is 2.22. The molecule has 3 aromatic rings. The normalized spacial score (nSPS) is 13.4. The number of hydrogen-bond acceptors (Lipinski definition) is 6. The van der Waals surface area contributed by atoms with Crippen molar-refractivity contribution in [2.24, 2.45) is 5.10 Å². The number of halogens is 1. The van der Waals surface area contributed by atoms with E-state index >= 15 is 0 Å². The number of fused-ring (bicyclic) bond motifs is 3. The van der Waals surface area contributed by atoms with Crippen LogP contribution >= 0.6 is 15.9 Å². The molecule has 8 heteroatoms. The third kappa shape index (κ3) is 4.25. The molecule has 7 nitrogen and oxygen atoms in total. The number of phenolic OH excluding ortho intramolecular Hbond substituents is 1. The number of carbonyl (C=O) groups is 1. The first-order valence-corrected chi connectivity index (χ1v) is 10.8. The monoisotopic (exact) mass is 486 g/mol. The highest BCUT2D eigenvalue weighted by Crippen LogP contribution is 2.40. The van der Waals surface area contributed by atoms with Crippen molar-refractivity contribution < 1.29 is 23.8 Å². The molecular weight excluding hydrogens is 464 g/mol. The van der Waals surface area contributed by atoms with Gasteiger partial charge in [0.1, 0.15) is 17.1 Å². The summed E-state index contributed by atoms with van der Waals surface area (Å²) >= 11 is 3.37. The Bertz CT molecular complexity index is 1170. The van der Waals surface area contributed by atoms with E-state index in [9.17, 15) is 9.90 Å². The number of amides is 1. The predicted octanol–water partition coefficient (Wildman–Crippen LogP) is 4.49. The van der Waals surface area contributed by atoms with Gasteiger partial charge in [0.25, 0.3) is 0 Å². The van der Waals surface area contributed by atoms with Crippen molar-refractivity contribution in [2.75, 3.05) is 14.2 Å². The van der Waals surface area contributed by atoms with Crippen molar-refractivity contribution in [1.29, 1.82) is 0 Å². The summed E-state index contributed by atoms with van der Waals surface area (Å²) in [4.78, 5) is 12.4. The van der Waals surface area contributed by atoms with Crippen molar-refractivity contribution in [2.45, 2.75) is 32.1 Å². The Morgan fingerprint density at radius 1 is 1.23 bits per heavy atom. The van der Waals surface area contributed by atoms with Gasteiger partial charge in [0.15, 0.2) is 11.5 Å². The lowest BCUT2D eigenvalue weighted by Gasteiger charge is -2.10. The molecule has 0 spiro atoms. The molecule has 162 valence electrons. The minimum atomic E-state index is -0.288. The van der Waals surface area contributed by atoms with Gasteiger partial charge in [-0.05, 0) is 59.0 Å². The number of hydrogen-bond donors (Lipinski definition) is 2. The lowest BCUT2D eigenvalue weighted by molar-refractivity contribution is -0.120. The summed E-state index contributed by atoms with van der Waals surface area (Å²) in [5.41, 5.74) is 5.64. The summed E-state index contributed by atoms with van der Waals surface area (Å²) in [6, 6.07) is 7.08. The Hall–Kier alpha value is -3.00. The number of nitrogens with one attached hydrogen (secondary N) is 1. The number of furan rings is 1. The zero-order valence-corrected chi connectivity index (χ0v) is 18.9. The summed E-state index contributed by atoms with van der Waals surface area (Å²) < 4.78 is 17.0. The minimum absolute atomic E-state index is 0.0690. The summed E-state index contributed by atoms with van der Waals surface area (Å²) in [6.07, 6.45) is 5.56. The van der Waals surface area contributed by atoms with Crippen molar-refractivity contribution in [1.82, 2.24) is 5.43 Å². The van der Waals surface area contributed by atoms with Gasteiger partial charge in [-0.1, -0.05) is 6.07 Å². The number of carbonyl (C=O) groups excluding carboxylic acids is 1. The molecule has 1 aliphatic carbocycles. The maximum Gasteiger partial charge on any atom is 0.244 e. The molecule has 0 fully saturated rings. The van der Waals surface area contributed by atoms with Crippen LogP contribution in [0.4, 0.5) is 0 Å². The van der Waals surface area contributed by atoms with E-state index in [-0.39, 0.29) is 18.1 Å². The van der Waals surface area contributed by atoms with Crippen molar-refractivity contribution >= 4 is 39.0 Å². The zero-order valence-electron chi connectivity index (χ0n) is 17.3. The molecule has 0 radical (unpaired) electrons. The van der Waals surface area contributed by atoms with Crippen molar-refractivity contribution in [3.8, 4) is 17.2 Å². The second kappa shape index (κ2) is 9.01. The third-order valence-corrected chi connectivity index (χ3v) is 6.01. The number of methoxy groups -OCH3 is 2. The van der Waals surface area contributed by atoms with Crippen LogP contribution in [0.15, 0.2) is 38.3 Å². The van der Waals surface area contributed by atoms with E-state index in [1.807, 2.05) is 0 Å². The van der Waals surface area contributed by atoms with E-state index in [1.165, 1.54) is 6.21 Å². The van der Waals surface area contributed by atoms with E-state index in [4.69, 9.17) is 13.9 Å². The molecule has 0 aliphatic heterocycles. The molecule has 2 N–H and O–H groups in total. The Labute approximate surface area is 188 Å². The standard InChI is InChI=1S/C23H23BrN2O5/c1-29-18-8-7-13(9-19(18)30-2)10-21(27)26-25-12-15-22-14-5-3-4-6-17(14)31-20(22)11-16(24)23(15)28/h7-9,11-12,28H,3-6,10H2,1-2H3,(H,26,27). The average molecular weight is 487 g/mol. The SMILES string of the molecule is COc1ccc(CC(=O)NN=Cc2c(O)c(Br)cc3oc4c(c23)CCCC4)cc1OC. The van der Waals surface area contributed by atoms with Crippen molar-refractivity contribution in [3.05, 3.63) is 51.2 Å². The van der Waals surface area contributed by atoms with Crippen LogP contribution in [0.2, 0.25) is 0 Å². The maximum absolute atomic E-state index is 12.4. The molecular formula is C23H23BrN2O5. The molecule has 1 heterocycles. The van der Waals surface area contributed by atoms with E-state index in [0.717, 1.165) is 48.0 Å². The van der Waals surface area contributed by atoms with Gasteiger partial charge in [0.05, 0.1) is 31.3 Å². The number of benzene rings is 2. The van der Waals surface area contributed by atoms with Gasteiger partial charge in [0.2, 0.25) is 5.91 Å². The van der Waals surface area contributed by atoms with Crippen LogP contribution in [0.25, 0.3) is 11.0 Å². The van der Waals surface area contributed by atoms with Crippen LogP contribution in [0, 0.1) is 0 Å². The van der Waals surface area contributed by atoms with E-state index in [2.05, 4.69) is 26.5 Å². The van der Waals surface area contributed by atoms with Crippen LogP contribution in [-0.2, 0) is 24.1 Å². The summed E-state index contributed by atoms with van der Waals surface area (Å²) in [5, 5.41) is 15.6. The fraction of sp³-hybridized carbons (Fsp3) is 0.304. The van der Waals surface area contributed by atoms with Gasteiger partial charge in [0, 0.05) is 22.9 Å². The number of ether oxygens (including phenoxy) is 2. The molecule has 1 aliphatic rings. The van der Waals surface area contributed by atoms with Crippen LogP contribution in [0.1, 0.15) is 35.3 Å². The summed E-state index contributed by atoms with van der Waals surface area (Å²) in [7, 11) is 3.11. The van der Waals surface area contributed by atoms with E-state index in [1.54, 1.807) is 38.5 Å².